The molecular formula is C25H30N2O5. The highest BCUT2D eigenvalue weighted by molar-refractivity contribution is 6.46. The van der Waals surface area contributed by atoms with Gasteiger partial charge in [0.05, 0.1) is 23.8 Å². The average Bonchev–Trinajstić information content (AvgIpc) is 3.01. The lowest BCUT2D eigenvalue weighted by molar-refractivity contribution is -0.140. The van der Waals surface area contributed by atoms with Crippen LogP contribution in [0.3, 0.4) is 0 Å². The van der Waals surface area contributed by atoms with Crippen molar-refractivity contribution < 1.29 is 24.2 Å². The van der Waals surface area contributed by atoms with Gasteiger partial charge in [-0.1, -0.05) is 6.07 Å². The molecule has 32 heavy (non-hydrogen) atoms. The number of amides is 1. The maximum Gasteiger partial charge on any atom is 0.295 e. The van der Waals surface area contributed by atoms with E-state index in [2.05, 4.69) is 4.98 Å². The molecule has 1 aromatic heterocycles. The third kappa shape index (κ3) is 5.34. The van der Waals surface area contributed by atoms with Crippen molar-refractivity contribution in [2.24, 2.45) is 0 Å². The fourth-order valence-electron chi connectivity index (χ4n) is 3.67. The molecule has 1 aromatic carbocycles. The van der Waals surface area contributed by atoms with Crippen molar-refractivity contribution in [1.82, 2.24) is 9.88 Å². The van der Waals surface area contributed by atoms with Crippen molar-refractivity contribution in [3.05, 3.63) is 65.5 Å². The summed E-state index contributed by atoms with van der Waals surface area (Å²) in [6, 6.07) is 9.65. The molecule has 0 aliphatic carbocycles. The second-order valence-corrected chi connectivity index (χ2v) is 8.24. The van der Waals surface area contributed by atoms with E-state index in [1.807, 2.05) is 27.7 Å². The lowest BCUT2D eigenvalue weighted by atomic mass is 9.96. The van der Waals surface area contributed by atoms with E-state index in [1.54, 1.807) is 48.8 Å². The molecule has 1 amide bonds. The Balaban J connectivity index is 1.96. The van der Waals surface area contributed by atoms with Crippen molar-refractivity contribution >= 4 is 17.4 Å². The van der Waals surface area contributed by atoms with E-state index in [4.69, 9.17) is 9.47 Å². The summed E-state index contributed by atoms with van der Waals surface area (Å²) in [5, 5.41) is 11.1. The molecule has 1 unspecified atom stereocenters. The van der Waals surface area contributed by atoms with Gasteiger partial charge in [-0.3, -0.25) is 14.6 Å². The molecule has 7 nitrogen and oxygen atoms in total. The maximum absolute atomic E-state index is 13.0. The first-order chi connectivity index (χ1) is 15.3. The quantitative estimate of drug-likeness (QED) is 0.274. The van der Waals surface area contributed by atoms with Gasteiger partial charge < -0.3 is 19.5 Å². The van der Waals surface area contributed by atoms with Gasteiger partial charge in [0, 0.05) is 31.1 Å². The van der Waals surface area contributed by atoms with Gasteiger partial charge in [-0.15, -0.1) is 0 Å². The molecule has 1 atom stereocenters. The number of carbonyl (C=O) groups is 2. The highest BCUT2D eigenvalue weighted by Crippen LogP contribution is 2.39. The summed E-state index contributed by atoms with van der Waals surface area (Å²) in [6.45, 7) is 8.54. The summed E-state index contributed by atoms with van der Waals surface area (Å²) in [4.78, 5) is 31.5. The van der Waals surface area contributed by atoms with E-state index in [-0.39, 0.29) is 23.5 Å². The fourth-order valence-corrected chi connectivity index (χ4v) is 3.67. The topological polar surface area (TPSA) is 89.0 Å². The monoisotopic (exact) mass is 438 g/mol. The van der Waals surface area contributed by atoms with Crippen molar-refractivity contribution in [3.63, 3.8) is 0 Å². The second kappa shape index (κ2) is 10.4. The van der Waals surface area contributed by atoms with Crippen molar-refractivity contribution in [1.29, 1.82) is 0 Å². The Hall–Kier alpha value is -3.19. The lowest BCUT2D eigenvalue weighted by Gasteiger charge is -2.25. The molecule has 3 rings (SSSR count). The minimum atomic E-state index is -0.714. The Bertz CT molecular complexity index is 968. The van der Waals surface area contributed by atoms with Gasteiger partial charge in [-0.05, 0) is 70.0 Å². The van der Waals surface area contributed by atoms with Gasteiger partial charge in [-0.25, -0.2) is 0 Å². The van der Waals surface area contributed by atoms with Crippen LogP contribution in [0.2, 0.25) is 0 Å². The Morgan fingerprint density at radius 2 is 1.81 bits per heavy atom. The van der Waals surface area contributed by atoms with Crippen LogP contribution in [-0.4, -0.2) is 52.0 Å². The first-order valence-corrected chi connectivity index (χ1v) is 10.9. The summed E-state index contributed by atoms with van der Waals surface area (Å²) in [5.41, 5.74) is 1.17. The molecular weight excluding hydrogens is 408 g/mol. The Morgan fingerprint density at radius 1 is 1.09 bits per heavy atom. The number of aliphatic hydroxyl groups is 1. The predicted octanol–water partition coefficient (Wildman–Crippen LogP) is 4.11. The number of nitrogens with zero attached hydrogens (tertiary/aromatic N) is 2. The molecule has 1 saturated heterocycles. The SMILES string of the molecule is CC(C)OCCCN1C(=O)C(=O)/C(=C(\O)c2ccc(OC(C)C)cc2)C1c1cccnc1. The third-order valence-corrected chi connectivity index (χ3v) is 5.03. The smallest absolute Gasteiger partial charge is 0.295 e. The first kappa shape index (κ1) is 23.5. The minimum Gasteiger partial charge on any atom is -0.507 e. The zero-order valence-corrected chi connectivity index (χ0v) is 18.9. The number of hydrogen-bond acceptors (Lipinski definition) is 6. The third-order valence-electron chi connectivity index (χ3n) is 5.03. The molecule has 0 saturated carbocycles. The van der Waals surface area contributed by atoms with Crippen LogP contribution in [0.5, 0.6) is 5.75 Å². The Kier molecular flexibility index (Phi) is 7.64. The highest BCUT2D eigenvalue weighted by Gasteiger charge is 2.45. The number of benzene rings is 1. The molecule has 2 heterocycles. The summed E-state index contributed by atoms with van der Waals surface area (Å²) >= 11 is 0. The number of ether oxygens (including phenoxy) is 2. The number of Topliss-reactive ketones (excluding diaryl/α,β-unsaturated/α-hetero) is 1. The fraction of sp³-hybridized carbons (Fsp3) is 0.400. The summed E-state index contributed by atoms with van der Waals surface area (Å²) in [6.07, 6.45) is 3.91. The number of ketones is 1. The minimum absolute atomic E-state index is 0.0185. The largest absolute Gasteiger partial charge is 0.507 e. The van der Waals surface area contributed by atoms with Gasteiger partial charge in [0.15, 0.2) is 0 Å². The van der Waals surface area contributed by atoms with E-state index in [1.165, 1.54) is 4.90 Å². The van der Waals surface area contributed by atoms with Crippen molar-refractivity contribution in [3.8, 4) is 5.75 Å². The van der Waals surface area contributed by atoms with E-state index in [9.17, 15) is 14.7 Å². The molecule has 1 aliphatic heterocycles. The molecule has 0 radical (unpaired) electrons. The Labute approximate surface area is 188 Å². The number of rotatable bonds is 9. The van der Waals surface area contributed by atoms with Crippen LogP contribution in [0.1, 0.15) is 51.3 Å². The van der Waals surface area contributed by atoms with Gasteiger partial charge in [0.1, 0.15) is 11.5 Å². The standard InChI is InChI=1S/C25H30N2O5/c1-16(2)31-14-6-13-27-22(19-7-5-12-26-15-19)21(24(29)25(27)30)23(28)18-8-10-20(11-9-18)32-17(3)4/h5,7-12,15-17,22,28H,6,13-14H2,1-4H3/b23-21-. The molecule has 0 spiro atoms. The number of pyridine rings is 1. The number of aromatic nitrogens is 1. The number of carbonyl (C=O) groups excluding carboxylic acids is 2. The Morgan fingerprint density at radius 3 is 2.41 bits per heavy atom. The van der Waals surface area contributed by atoms with Crippen LogP contribution in [0.25, 0.3) is 5.76 Å². The second-order valence-electron chi connectivity index (χ2n) is 8.24. The van der Waals surface area contributed by atoms with Crippen molar-refractivity contribution in [2.75, 3.05) is 13.2 Å². The zero-order chi connectivity index (χ0) is 23.3. The molecule has 1 aliphatic rings. The number of aliphatic hydroxyl groups excluding tert-OH is 1. The summed E-state index contributed by atoms with van der Waals surface area (Å²) < 4.78 is 11.2. The molecule has 1 N–H and O–H groups in total. The van der Waals surface area contributed by atoms with Crippen LogP contribution < -0.4 is 4.74 Å². The maximum atomic E-state index is 13.0. The van der Waals surface area contributed by atoms with Gasteiger partial charge in [0.2, 0.25) is 0 Å². The zero-order valence-electron chi connectivity index (χ0n) is 18.9. The van der Waals surface area contributed by atoms with Gasteiger partial charge >= 0.3 is 0 Å². The highest BCUT2D eigenvalue weighted by atomic mass is 16.5. The molecule has 2 aromatic rings. The summed E-state index contributed by atoms with van der Waals surface area (Å²) in [5.74, 6) is -0.895. The van der Waals surface area contributed by atoms with Crippen molar-refractivity contribution in [2.45, 2.75) is 52.4 Å². The molecule has 7 heteroatoms. The predicted molar refractivity (Wildman–Crippen MR) is 121 cm³/mol. The number of likely N-dealkylation sites (tertiary alicyclic amines) is 1. The molecule has 170 valence electrons. The normalized spacial score (nSPS) is 18.1. The number of hydrogen-bond donors (Lipinski definition) is 1. The average molecular weight is 439 g/mol. The summed E-state index contributed by atoms with van der Waals surface area (Å²) in [7, 11) is 0. The van der Waals surface area contributed by atoms with E-state index < -0.39 is 17.7 Å². The van der Waals surface area contributed by atoms with Crippen LogP contribution in [0.4, 0.5) is 0 Å². The van der Waals surface area contributed by atoms with Crippen LogP contribution in [0, 0.1) is 0 Å². The van der Waals surface area contributed by atoms with E-state index >= 15 is 0 Å². The molecule has 0 bridgehead atoms. The lowest BCUT2D eigenvalue weighted by Crippen LogP contribution is -2.31. The molecule has 1 fully saturated rings. The van der Waals surface area contributed by atoms with Crippen LogP contribution >= 0.6 is 0 Å². The first-order valence-electron chi connectivity index (χ1n) is 10.9. The van der Waals surface area contributed by atoms with Gasteiger partial charge in [0.25, 0.3) is 11.7 Å². The van der Waals surface area contributed by atoms with E-state index in [0.29, 0.717) is 36.4 Å². The van der Waals surface area contributed by atoms with Gasteiger partial charge in [-0.2, -0.15) is 0 Å². The van der Waals surface area contributed by atoms with Crippen LogP contribution in [0.15, 0.2) is 54.4 Å². The van der Waals surface area contributed by atoms with E-state index in [0.717, 1.165) is 0 Å². The van der Waals surface area contributed by atoms with Crippen LogP contribution in [-0.2, 0) is 14.3 Å².